The van der Waals surface area contributed by atoms with Crippen LogP contribution in [0.1, 0.15) is 35.7 Å². The number of hydrogen-bond donors (Lipinski definition) is 1. The zero-order valence-corrected chi connectivity index (χ0v) is 12.1. The Morgan fingerprint density at radius 3 is 2.67 bits per heavy atom. The van der Waals surface area contributed by atoms with Crippen LogP contribution in [-0.2, 0) is 6.18 Å². The van der Waals surface area contributed by atoms with E-state index in [1.807, 2.05) is 6.92 Å². The molecule has 1 aliphatic rings. The Balaban J connectivity index is 2.37. The molecule has 1 unspecified atom stereocenters. The predicted octanol–water partition coefficient (Wildman–Crippen LogP) is 3.62. The van der Waals surface area contributed by atoms with Gasteiger partial charge in [-0.2, -0.15) is 13.2 Å². The zero-order chi connectivity index (χ0) is 15.6. The summed E-state index contributed by atoms with van der Waals surface area (Å²) in [5.74, 6) is 0.0449. The molecular weight excluding hydrogens is 281 g/mol. The fraction of sp³-hybridized carbons (Fsp3) is 0.533. The lowest BCUT2D eigenvalue weighted by Gasteiger charge is -2.31. The zero-order valence-electron chi connectivity index (χ0n) is 12.1. The number of nitrogens with one attached hydrogen (secondary N) is 1. The van der Waals surface area contributed by atoms with Gasteiger partial charge in [-0.1, -0.05) is 13.0 Å². The summed E-state index contributed by atoms with van der Waals surface area (Å²) < 4.78 is 39.1. The van der Waals surface area contributed by atoms with E-state index in [1.54, 1.807) is 4.90 Å². The van der Waals surface area contributed by atoms with Gasteiger partial charge in [-0.25, -0.2) is 0 Å². The first-order valence-corrected chi connectivity index (χ1v) is 7.01. The number of para-hydroxylation sites is 1. The molecular formula is C15H19F3N2O. The van der Waals surface area contributed by atoms with Gasteiger partial charge >= 0.3 is 6.18 Å². The van der Waals surface area contributed by atoms with Crippen LogP contribution in [0.5, 0.6) is 0 Å². The molecule has 1 aliphatic heterocycles. The second kappa shape index (κ2) is 5.95. The van der Waals surface area contributed by atoms with Crippen LogP contribution in [0, 0.1) is 5.92 Å². The van der Waals surface area contributed by atoms with Crippen LogP contribution in [0.3, 0.4) is 0 Å². The minimum atomic E-state index is -4.48. The molecule has 1 atom stereocenters. The van der Waals surface area contributed by atoms with Gasteiger partial charge in [-0.3, -0.25) is 4.79 Å². The van der Waals surface area contributed by atoms with Crippen molar-refractivity contribution in [2.45, 2.75) is 25.9 Å². The summed E-state index contributed by atoms with van der Waals surface area (Å²) in [5.41, 5.74) is -0.865. The Morgan fingerprint density at radius 2 is 2.10 bits per heavy atom. The Kier molecular flexibility index (Phi) is 4.44. The molecule has 0 bridgehead atoms. The normalized spacial score (nSPS) is 19.5. The molecule has 0 spiro atoms. The number of amides is 1. The largest absolute Gasteiger partial charge is 0.418 e. The van der Waals surface area contributed by atoms with Gasteiger partial charge in [0.25, 0.3) is 5.91 Å². The van der Waals surface area contributed by atoms with Crippen molar-refractivity contribution in [3.8, 4) is 0 Å². The van der Waals surface area contributed by atoms with E-state index >= 15 is 0 Å². The average molecular weight is 300 g/mol. The predicted molar refractivity (Wildman–Crippen MR) is 75.3 cm³/mol. The number of carbonyl (C=O) groups is 1. The van der Waals surface area contributed by atoms with Crippen LogP contribution in [-0.4, -0.2) is 30.9 Å². The first kappa shape index (κ1) is 15.7. The van der Waals surface area contributed by atoms with E-state index in [-0.39, 0.29) is 17.2 Å². The third-order valence-electron chi connectivity index (χ3n) is 3.79. The molecule has 0 saturated carbocycles. The van der Waals surface area contributed by atoms with E-state index in [0.717, 1.165) is 18.9 Å². The van der Waals surface area contributed by atoms with Crippen molar-refractivity contribution >= 4 is 11.6 Å². The third kappa shape index (κ3) is 3.31. The van der Waals surface area contributed by atoms with E-state index in [2.05, 4.69) is 5.32 Å². The second-order valence-corrected chi connectivity index (χ2v) is 5.47. The Morgan fingerprint density at radius 1 is 1.38 bits per heavy atom. The smallest absolute Gasteiger partial charge is 0.387 e. The third-order valence-corrected chi connectivity index (χ3v) is 3.79. The van der Waals surface area contributed by atoms with Crippen molar-refractivity contribution in [2.75, 3.05) is 25.5 Å². The van der Waals surface area contributed by atoms with Crippen LogP contribution in [0.4, 0.5) is 18.9 Å². The summed E-state index contributed by atoms with van der Waals surface area (Å²) in [7, 11) is 1.40. The number of benzene rings is 1. The number of alkyl halides is 3. The SMILES string of the molecule is CNc1c(C(=O)N2CCCC(C)C2)cccc1C(F)(F)F. The number of anilines is 1. The fourth-order valence-electron chi connectivity index (χ4n) is 2.78. The van der Waals surface area contributed by atoms with E-state index in [4.69, 9.17) is 0 Å². The van der Waals surface area contributed by atoms with E-state index in [9.17, 15) is 18.0 Å². The highest BCUT2D eigenvalue weighted by Crippen LogP contribution is 2.37. The molecule has 3 nitrogen and oxygen atoms in total. The molecule has 6 heteroatoms. The lowest BCUT2D eigenvalue weighted by atomic mass is 9.98. The van der Waals surface area contributed by atoms with Crippen LogP contribution in [0.25, 0.3) is 0 Å². The van der Waals surface area contributed by atoms with E-state index in [1.165, 1.54) is 19.2 Å². The standard InChI is InChI=1S/C15H19F3N2O/c1-10-5-4-8-20(9-10)14(21)11-6-3-7-12(13(11)19-2)15(16,17)18/h3,6-7,10,19H,4-5,8-9H2,1-2H3. The lowest BCUT2D eigenvalue weighted by Crippen LogP contribution is -2.39. The first-order chi connectivity index (χ1) is 9.84. The quantitative estimate of drug-likeness (QED) is 0.904. The number of piperidine rings is 1. The van der Waals surface area contributed by atoms with Crippen molar-refractivity contribution in [1.29, 1.82) is 0 Å². The van der Waals surface area contributed by atoms with Crippen molar-refractivity contribution in [1.82, 2.24) is 4.90 Å². The summed E-state index contributed by atoms with van der Waals surface area (Å²) in [6, 6.07) is 3.72. The van der Waals surface area contributed by atoms with Gasteiger partial charge in [-0.05, 0) is 30.9 Å². The van der Waals surface area contributed by atoms with Crippen molar-refractivity contribution in [2.24, 2.45) is 5.92 Å². The van der Waals surface area contributed by atoms with Gasteiger partial charge in [0.2, 0.25) is 0 Å². The monoisotopic (exact) mass is 300 g/mol. The number of nitrogens with zero attached hydrogens (tertiary/aromatic N) is 1. The Bertz CT molecular complexity index is 528. The van der Waals surface area contributed by atoms with Gasteiger partial charge in [-0.15, -0.1) is 0 Å². The molecule has 0 aromatic heterocycles. The average Bonchev–Trinajstić information content (AvgIpc) is 2.44. The topological polar surface area (TPSA) is 32.3 Å². The molecule has 1 amide bonds. The number of rotatable bonds is 2. The fourth-order valence-corrected chi connectivity index (χ4v) is 2.78. The van der Waals surface area contributed by atoms with Gasteiger partial charge in [0.1, 0.15) is 0 Å². The molecule has 2 rings (SSSR count). The van der Waals surface area contributed by atoms with Crippen molar-refractivity contribution in [3.05, 3.63) is 29.3 Å². The van der Waals surface area contributed by atoms with Gasteiger partial charge in [0.15, 0.2) is 0 Å². The number of likely N-dealkylation sites (tertiary alicyclic amines) is 1. The molecule has 1 fully saturated rings. The van der Waals surface area contributed by atoms with Gasteiger partial charge < -0.3 is 10.2 Å². The second-order valence-electron chi connectivity index (χ2n) is 5.47. The molecule has 1 saturated heterocycles. The van der Waals surface area contributed by atoms with Crippen molar-refractivity contribution < 1.29 is 18.0 Å². The van der Waals surface area contributed by atoms with E-state index < -0.39 is 11.7 Å². The first-order valence-electron chi connectivity index (χ1n) is 7.01. The summed E-state index contributed by atoms with van der Waals surface area (Å²) in [4.78, 5) is 14.2. The summed E-state index contributed by atoms with van der Waals surface area (Å²) in [5, 5.41) is 2.53. The summed E-state index contributed by atoms with van der Waals surface area (Å²) in [6.07, 6.45) is -2.55. The molecule has 0 aliphatic carbocycles. The van der Waals surface area contributed by atoms with Gasteiger partial charge in [0, 0.05) is 20.1 Å². The minimum absolute atomic E-state index is 0.0847. The van der Waals surface area contributed by atoms with Crippen LogP contribution in [0.2, 0.25) is 0 Å². The molecule has 1 N–H and O–H groups in total. The molecule has 1 aromatic rings. The van der Waals surface area contributed by atoms with Crippen LogP contribution >= 0.6 is 0 Å². The van der Waals surface area contributed by atoms with Crippen molar-refractivity contribution in [3.63, 3.8) is 0 Å². The Hall–Kier alpha value is -1.72. The van der Waals surface area contributed by atoms with E-state index in [0.29, 0.717) is 19.0 Å². The lowest BCUT2D eigenvalue weighted by molar-refractivity contribution is -0.136. The highest BCUT2D eigenvalue weighted by molar-refractivity contribution is 6.00. The maximum absolute atomic E-state index is 13.0. The molecule has 116 valence electrons. The number of halogens is 3. The van der Waals surface area contributed by atoms with Crippen LogP contribution < -0.4 is 5.32 Å². The highest BCUT2D eigenvalue weighted by Gasteiger charge is 2.35. The molecule has 0 radical (unpaired) electrons. The number of carbonyl (C=O) groups excluding carboxylic acids is 1. The highest BCUT2D eigenvalue weighted by atomic mass is 19.4. The maximum Gasteiger partial charge on any atom is 0.418 e. The Labute approximate surface area is 122 Å². The minimum Gasteiger partial charge on any atom is -0.387 e. The molecule has 1 aromatic carbocycles. The summed E-state index contributed by atoms with van der Waals surface area (Å²) >= 11 is 0. The molecule has 1 heterocycles. The summed E-state index contributed by atoms with van der Waals surface area (Å²) in [6.45, 7) is 3.24. The number of hydrogen-bond acceptors (Lipinski definition) is 2. The van der Waals surface area contributed by atoms with Crippen LogP contribution in [0.15, 0.2) is 18.2 Å². The maximum atomic E-state index is 13.0. The van der Waals surface area contributed by atoms with Gasteiger partial charge in [0.05, 0.1) is 16.8 Å². The molecule has 21 heavy (non-hydrogen) atoms.